The van der Waals surface area contributed by atoms with Crippen molar-refractivity contribution in [3.8, 4) is 0 Å². The lowest BCUT2D eigenvalue weighted by molar-refractivity contribution is 0.199. The molecule has 1 aromatic rings. The normalized spacial score (nSPS) is 20.8. The van der Waals surface area contributed by atoms with Gasteiger partial charge in [0.25, 0.3) is 0 Å². The first-order valence-corrected chi connectivity index (χ1v) is 7.60. The van der Waals surface area contributed by atoms with Gasteiger partial charge in [-0.25, -0.2) is 0 Å². The van der Waals surface area contributed by atoms with Crippen LogP contribution < -0.4 is 4.90 Å². The summed E-state index contributed by atoms with van der Waals surface area (Å²) in [4.78, 5) is 9.58. The van der Waals surface area contributed by atoms with Crippen LogP contribution in [0.4, 0.5) is 5.69 Å². The molecule has 1 fully saturated rings. The molecule has 3 nitrogen and oxygen atoms in total. The number of piperazine rings is 1. The van der Waals surface area contributed by atoms with Crippen LogP contribution in [0.3, 0.4) is 0 Å². The lowest BCUT2D eigenvalue weighted by atomic mass is 10.0. The topological polar surface area (TPSA) is 19.4 Å². The molecule has 0 amide bonds. The smallest absolute Gasteiger partial charge is 0.0433 e. The Balaban J connectivity index is 2.20. The fourth-order valence-corrected chi connectivity index (χ4v) is 3.12. The van der Waals surface area contributed by atoms with Gasteiger partial charge in [-0.2, -0.15) is 0 Å². The number of aryl methyl sites for hydroxylation is 1. The van der Waals surface area contributed by atoms with Crippen molar-refractivity contribution in [3.05, 3.63) is 23.5 Å². The van der Waals surface area contributed by atoms with Gasteiger partial charge in [0, 0.05) is 43.3 Å². The van der Waals surface area contributed by atoms with E-state index in [-0.39, 0.29) is 0 Å². The third kappa shape index (κ3) is 3.08. The van der Waals surface area contributed by atoms with Crippen LogP contribution in [0.1, 0.15) is 38.4 Å². The monoisotopic (exact) mass is 261 g/mol. The minimum absolute atomic E-state index is 0.640. The highest BCUT2D eigenvalue weighted by molar-refractivity contribution is 5.55. The number of hydrogen-bond donors (Lipinski definition) is 0. The molecule has 1 saturated heterocycles. The van der Waals surface area contributed by atoms with Gasteiger partial charge in [-0.15, -0.1) is 0 Å². The Hall–Kier alpha value is -1.09. The number of hydrogen-bond acceptors (Lipinski definition) is 3. The first-order valence-electron chi connectivity index (χ1n) is 7.60. The number of pyridine rings is 1. The van der Waals surface area contributed by atoms with E-state index in [1.54, 1.807) is 0 Å². The first-order chi connectivity index (χ1) is 9.17. The van der Waals surface area contributed by atoms with Crippen molar-refractivity contribution in [3.63, 3.8) is 0 Å². The Morgan fingerprint density at radius 1 is 1.32 bits per heavy atom. The summed E-state index contributed by atoms with van der Waals surface area (Å²) < 4.78 is 0. The van der Waals surface area contributed by atoms with E-state index in [9.17, 15) is 0 Å². The fraction of sp³-hybridized carbons (Fsp3) is 0.688. The van der Waals surface area contributed by atoms with Crippen LogP contribution in [0.15, 0.2) is 12.3 Å². The van der Waals surface area contributed by atoms with E-state index >= 15 is 0 Å². The highest BCUT2D eigenvalue weighted by Gasteiger charge is 2.24. The third-order valence-corrected chi connectivity index (χ3v) is 4.26. The van der Waals surface area contributed by atoms with Crippen LogP contribution in [0.5, 0.6) is 0 Å². The summed E-state index contributed by atoms with van der Waals surface area (Å²) in [6.45, 7) is 13.6. The Morgan fingerprint density at radius 3 is 2.74 bits per heavy atom. The molecule has 2 heterocycles. The van der Waals surface area contributed by atoms with E-state index in [0.717, 1.165) is 26.1 Å². The molecule has 19 heavy (non-hydrogen) atoms. The van der Waals surface area contributed by atoms with Gasteiger partial charge in [0.15, 0.2) is 0 Å². The molecule has 0 spiro atoms. The summed E-state index contributed by atoms with van der Waals surface area (Å²) >= 11 is 0. The zero-order valence-corrected chi connectivity index (χ0v) is 12.8. The maximum Gasteiger partial charge on any atom is 0.0433 e. The molecular weight excluding hydrogens is 234 g/mol. The first kappa shape index (κ1) is 14.3. The van der Waals surface area contributed by atoms with Crippen LogP contribution in [0.2, 0.25) is 0 Å². The lowest BCUT2D eigenvalue weighted by Crippen LogP contribution is -2.52. The second-order valence-electron chi connectivity index (χ2n) is 5.57. The van der Waals surface area contributed by atoms with Crippen molar-refractivity contribution >= 4 is 5.69 Å². The van der Waals surface area contributed by atoms with Gasteiger partial charge in [-0.05, 0) is 38.4 Å². The Bertz CT molecular complexity index is 416. The number of nitrogens with zero attached hydrogens (tertiary/aromatic N) is 3. The van der Waals surface area contributed by atoms with Gasteiger partial charge < -0.3 is 4.90 Å². The van der Waals surface area contributed by atoms with Crippen LogP contribution in [0, 0.1) is 6.92 Å². The lowest BCUT2D eigenvalue weighted by Gasteiger charge is -2.41. The van der Waals surface area contributed by atoms with E-state index in [4.69, 9.17) is 0 Å². The quantitative estimate of drug-likeness (QED) is 0.831. The molecule has 106 valence electrons. The van der Waals surface area contributed by atoms with E-state index in [1.807, 2.05) is 6.20 Å². The molecule has 1 aromatic heterocycles. The molecule has 0 saturated carbocycles. The second-order valence-corrected chi connectivity index (χ2v) is 5.57. The zero-order valence-electron chi connectivity index (χ0n) is 12.8. The van der Waals surface area contributed by atoms with E-state index in [1.165, 1.54) is 29.9 Å². The zero-order chi connectivity index (χ0) is 13.8. The van der Waals surface area contributed by atoms with E-state index < -0.39 is 0 Å². The summed E-state index contributed by atoms with van der Waals surface area (Å²) in [6, 6.07) is 2.84. The maximum absolute atomic E-state index is 4.47. The van der Waals surface area contributed by atoms with Crippen molar-refractivity contribution in [1.82, 2.24) is 9.88 Å². The van der Waals surface area contributed by atoms with Gasteiger partial charge >= 0.3 is 0 Å². The van der Waals surface area contributed by atoms with Crippen molar-refractivity contribution in [2.45, 2.75) is 46.6 Å². The average Bonchev–Trinajstić information content (AvgIpc) is 2.41. The molecule has 1 atom stereocenters. The van der Waals surface area contributed by atoms with Gasteiger partial charge in [0.2, 0.25) is 0 Å². The average molecular weight is 261 g/mol. The van der Waals surface area contributed by atoms with Crippen molar-refractivity contribution in [1.29, 1.82) is 0 Å². The van der Waals surface area contributed by atoms with Crippen LogP contribution in [-0.4, -0.2) is 42.1 Å². The predicted octanol–water partition coefficient (Wildman–Crippen LogP) is 2.87. The molecule has 3 heteroatoms. The van der Waals surface area contributed by atoms with Crippen LogP contribution in [0.25, 0.3) is 0 Å². The summed E-state index contributed by atoms with van der Waals surface area (Å²) in [6.07, 6.45) is 4.28. The third-order valence-electron chi connectivity index (χ3n) is 4.26. The van der Waals surface area contributed by atoms with Crippen molar-refractivity contribution in [2.24, 2.45) is 0 Å². The Morgan fingerprint density at radius 2 is 2.11 bits per heavy atom. The SMILES string of the molecule is CCCc1c(N2CCN(CC)[C@@H](C)C2)ccnc1C. The minimum atomic E-state index is 0.640. The molecule has 0 bridgehead atoms. The predicted molar refractivity (Wildman–Crippen MR) is 81.9 cm³/mol. The summed E-state index contributed by atoms with van der Waals surface area (Å²) in [7, 11) is 0. The van der Waals surface area contributed by atoms with Gasteiger partial charge in [0.05, 0.1) is 0 Å². The Kier molecular flexibility index (Phi) is 4.81. The maximum atomic E-state index is 4.47. The van der Waals surface area contributed by atoms with E-state index in [0.29, 0.717) is 6.04 Å². The van der Waals surface area contributed by atoms with E-state index in [2.05, 4.69) is 48.5 Å². The van der Waals surface area contributed by atoms with Crippen LogP contribution in [-0.2, 0) is 6.42 Å². The molecule has 1 aliphatic rings. The number of anilines is 1. The summed E-state index contributed by atoms with van der Waals surface area (Å²) in [5, 5.41) is 0. The minimum Gasteiger partial charge on any atom is -0.368 e. The molecule has 1 aliphatic heterocycles. The second kappa shape index (κ2) is 6.38. The number of likely N-dealkylation sites (N-methyl/N-ethyl adjacent to an activating group) is 1. The molecular formula is C16H27N3. The highest BCUT2D eigenvalue weighted by atomic mass is 15.3. The molecule has 0 unspecified atom stereocenters. The Labute approximate surface area is 117 Å². The fourth-order valence-electron chi connectivity index (χ4n) is 3.12. The largest absolute Gasteiger partial charge is 0.368 e. The van der Waals surface area contributed by atoms with Gasteiger partial charge in [0.1, 0.15) is 0 Å². The molecule has 0 N–H and O–H groups in total. The highest BCUT2D eigenvalue weighted by Crippen LogP contribution is 2.26. The van der Waals surface area contributed by atoms with Gasteiger partial charge in [-0.3, -0.25) is 9.88 Å². The summed E-state index contributed by atoms with van der Waals surface area (Å²) in [5.74, 6) is 0. The van der Waals surface area contributed by atoms with Crippen molar-refractivity contribution in [2.75, 3.05) is 31.1 Å². The molecule has 0 aliphatic carbocycles. The standard InChI is InChI=1S/C16H27N3/c1-5-7-15-14(4)17-9-8-16(15)19-11-10-18(6-2)13(3)12-19/h8-9,13H,5-7,10-12H2,1-4H3/t13-/m0/s1. The number of aromatic nitrogens is 1. The molecule has 2 rings (SSSR count). The van der Waals surface area contributed by atoms with Crippen LogP contribution >= 0.6 is 0 Å². The number of rotatable bonds is 4. The van der Waals surface area contributed by atoms with Crippen molar-refractivity contribution < 1.29 is 0 Å². The summed E-state index contributed by atoms with van der Waals surface area (Å²) in [5.41, 5.74) is 4.06. The molecule has 0 aromatic carbocycles. The van der Waals surface area contributed by atoms with Gasteiger partial charge in [-0.1, -0.05) is 20.3 Å². The molecule has 0 radical (unpaired) electrons.